The first-order chi connectivity index (χ1) is 9.77. The monoisotopic (exact) mass is 293 g/mol. The average Bonchev–Trinajstić information content (AvgIpc) is 2.92. The Balaban J connectivity index is 1.81. The van der Waals surface area contributed by atoms with E-state index in [1.807, 2.05) is 11.8 Å². The van der Waals surface area contributed by atoms with Gasteiger partial charge in [0.25, 0.3) is 0 Å². The van der Waals surface area contributed by atoms with Crippen LogP contribution < -0.4 is 15.2 Å². The standard InChI is InChI=1S/C16H23NO2S/c1-18-15-9-12(16(11-17)6-2-7-16)3-4-14(15)19-13-5-8-20-10-13/h3-4,9,13H,2,5-8,10-11,17H2,1H3. The smallest absolute Gasteiger partial charge is 0.161 e. The second kappa shape index (κ2) is 5.86. The van der Waals surface area contributed by atoms with Crippen molar-refractivity contribution in [2.45, 2.75) is 37.2 Å². The van der Waals surface area contributed by atoms with E-state index in [4.69, 9.17) is 15.2 Å². The zero-order valence-corrected chi connectivity index (χ0v) is 12.9. The second-order valence-electron chi connectivity index (χ2n) is 5.81. The molecule has 0 aromatic heterocycles. The van der Waals surface area contributed by atoms with Crippen molar-refractivity contribution in [3.63, 3.8) is 0 Å². The summed E-state index contributed by atoms with van der Waals surface area (Å²) in [6.07, 6.45) is 5.10. The molecular formula is C16H23NO2S. The van der Waals surface area contributed by atoms with E-state index in [9.17, 15) is 0 Å². The molecule has 1 aliphatic heterocycles. The number of methoxy groups -OCH3 is 1. The predicted molar refractivity (Wildman–Crippen MR) is 83.9 cm³/mol. The number of ether oxygens (including phenoxy) is 2. The molecule has 1 saturated heterocycles. The molecule has 0 bridgehead atoms. The largest absolute Gasteiger partial charge is 0.493 e. The lowest BCUT2D eigenvalue weighted by atomic mass is 9.64. The lowest BCUT2D eigenvalue weighted by molar-refractivity contribution is 0.216. The summed E-state index contributed by atoms with van der Waals surface area (Å²) in [5, 5.41) is 0. The maximum atomic E-state index is 6.07. The Morgan fingerprint density at radius 2 is 2.20 bits per heavy atom. The van der Waals surface area contributed by atoms with Gasteiger partial charge in [0.2, 0.25) is 0 Å². The topological polar surface area (TPSA) is 44.5 Å². The Morgan fingerprint density at radius 3 is 2.75 bits per heavy atom. The summed E-state index contributed by atoms with van der Waals surface area (Å²) in [6.45, 7) is 0.718. The van der Waals surface area contributed by atoms with Crippen molar-refractivity contribution in [2.75, 3.05) is 25.2 Å². The minimum atomic E-state index is 0.176. The predicted octanol–water partition coefficient (Wildman–Crippen LogP) is 2.96. The van der Waals surface area contributed by atoms with E-state index in [0.717, 1.165) is 30.2 Å². The third-order valence-corrected chi connectivity index (χ3v) is 5.79. The minimum absolute atomic E-state index is 0.176. The maximum absolute atomic E-state index is 6.07. The Labute approximate surface area is 125 Å². The fourth-order valence-corrected chi connectivity index (χ4v) is 4.19. The molecular weight excluding hydrogens is 270 g/mol. The lowest BCUT2D eigenvalue weighted by Crippen LogP contribution is -2.41. The minimum Gasteiger partial charge on any atom is -0.493 e. The zero-order valence-electron chi connectivity index (χ0n) is 12.1. The molecule has 0 amide bonds. The van der Waals surface area contributed by atoms with Crippen LogP contribution in [0.3, 0.4) is 0 Å². The van der Waals surface area contributed by atoms with Gasteiger partial charge in [-0.3, -0.25) is 0 Å². The van der Waals surface area contributed by atoms with Crippen molar-refractivity contribution in [1.29, 1.82) is 0 Å². The van der Waals surface area contributed by atoms with Crippen LogP contribution in [-0.2, 0) is 5.41 Å². The van der Waals surface area contributed by atoms with Crippen LogP contribution in [0.15, 0.2) is 18.2 Å². The summed E-state index contributed by atoms with van der Waals surface area (Å²) in [7, 11) is 1.71. The molecule has 20 heavy (non-hydrogen) atoms. The van der Waals surface area contributed by atoms with Crippen LogP contribution >= 0.6 is 11.8 Å². The summed E-state index contributed by atoms with van der Waals surface area (Å²) in [5.41, 5.74) is 7.47. The highest BCUT2D eigenvalue weighted by Crippen LogP contribution is 2.45. The van der Waals surface area contributed by atoms with Gasteiger partial charge in [-0.25, -0.2) is 0 Å². The van der Waals surface area contributed by atoms with Crippen molar-refractivity contribution >= 4 is 11.8 Å². The van der Waals surface area contributed by atoms with Gasteiger partial charge in [0.15, 0.2) is 11.5 Å². The second-order valence-corrected chi connectivity index (χ2v) is 6.96. The Bertz CT molecular complexity index is 462. The van der Waals surface area contributed by atoms with E-state index in [1.54, 1.807) is 7.11 Å². The van der Waals surface area contributed by atoms with E-state index in [-0.39, 0.29) is 5.41 Å². The van der Waals surface area contributed by atoms with Gasteiger partial charge in [0.05, 0.1) is 7.11 Å². The normalized spacial score (nSPS) is 24.2. The van der Waals surface area contributed by atoms with Gasteiger partial charge >= 0.3 is 0 Å². The highest BCUT2D eigenvalue weighted by molar-refractivity contribution is 7.99. The molecule has 0 spiro atoms. The first-order valence-corrected chi connectivity index (χ1v) is 8.56. The van der Waals surface area contributed by atoms with Crippen LogP contribution in [0.4, 0.5) is 0 Å². The maximum Gasteiger partial charge on any atom is 0.161 e. The molecule has 2 N–H and O–H groups in total. The summed E-state index contributed by atoms with van der Waals surface area (Å²) in [4.78, 5) is 0. The highest BCUT2D eigenvalue weighted by Gasteiger charge is 2.37. The molecule has 1 aromatic rings. The summed E-state index contributed by atoms with van der Waals surface area (Å²) >= 11 is 1.96. The Morgan fingerprint density at radius 1 is 1.35 bits per heavy atom. The van der Waals surface area contributed by atoms with E-state index in [2.05, 4.69) is 18.2 Å². The van der Waals surface area contributed by atoms with E-state index < -0.39 is 0 Å². The summed E-state index contributed by atoms with van der Waals surface area (Å²) < 4.78 is 11.6. The average molecular weight is 293 g/mol. The third kappa shape index (κ3) is 2.51. The molecule has 2 aliphatic rings. The molecule has 0 radical (unpaired) electrons. The van der Waals surface area contributed by atoms with Crippen LogP contribution in [0, 0.1) is 0 Å². The molecule has 1 aliphatic carbocycles. The van der Waals surface area contributed by atoms with Crippen molar-refractivity contribution in [2.24, 2.45) is 5.73 Å². The lowest BCUT2D eigenvalue weighted by Gasteiger charge is -2.41. The van der Waals surface area contributed by atoms with Crippen molar-refractivity contribution in [3.05, 3.63) is 23.8 Å². The van der Waals surface area contributed by atoms with Gasteiger partial charge in [-0.2, -0.15) is 11.8 Å². The molecule has 2 fully saturated rings. The summed E-state index contributed by atoms with van der Waals surface area (Å²) in [6, 6.07) is 6.36. The molecule has 1 atom stereocenters. The summed E-state index contributed by atoms with van der Waals surface area (Å²) in [5.74, 6) is 3.99. The van der Waals surface area contributed by atoms with Gasteiger partial charge < -0.3 is 15.2 Å². The number of nitrogens with two attached hydrogens (primary N) is 1. The van der Waals surface area contributed by atoms with Gasteiger partial charge in [-0.05, 0) is 42.7 Å². The Hall–Kier alpha value is -0.870. The van der Waals surface area contributed by atoms with E-state index >= 15 is 0 Å². The molecule has 3 nitrogen and oxygen atoms in total. The van der Waals surface area contributed by atoms with Crippen molar-refractivity contribution in [3.8, 4) is 11.5 Å². The first-order valence-electron chi connectivity index (χ1n) is 7.40. The van der Waals surface area contributed by atoms with Gasteiger partial charge in [-0.15, -0.1) is 0 Å². The number of hydrogen-bond acceptors (Lipinski definition) is 4. The van der Waals surface area contributed by atoms with Crippen LogP contribution in [-0.4, -0.2) is 31.3 Å². The number of rotatable bonds is 5. The SMILES string of the molecule is COc1cc(C2(CN)CCC2)ccc1OC1CCSC1. The molecule has 110 valence electrons. The van der Waals surface area contributed by atoms with Gasteiger partial charge in [0, 0.05) is 17.7 Å². The van der Waals surface area contributed by atoms with E-state index in [0.29, 0.717) is 6.10 Å². The number of hydrogen-bond donors (Lipinski definition) is 1. The number of benzene rings is 1. The molecule has 1 heterocycles. The van der Waals surface area contributed by atoms with Crippen LogP contribution in [0.5, 0.6) is 11.5 Å². The molecule has 1 saturated carbocycles. The highest BCUT2D eigenvalue weighted by atomic mass is 32.2. The van der Waals surface area contributed by atoms with Gasteiger partial charge in [-0.1, -0.05) is 12.5 Å². The zero-order chi connectivity index (χ0) is 14.0. The molecule has 1 unspecified atom stereocenters. The Kier molecular flexibility index (Phi) is 4.13. The third-order valence-electron chi connectivity index (χ3n) is 4.66. The van der Waals surface area contributed by atoms with Crippen LogP contribution in [0.2, 0.25) is 0 Å². The fourth-order valence-electron chi connectivity index (χ4n) is 3.09. The molecule has 1 aromatic carbocycles. The number of thioether (sulfide) groups is 1. The van der Waals surface area contributed by atoms with Crippen LogP contribution in [0.1, 0.15) is 31.2 Å². The fraction of sp³-hybridized carbons (Fsp3) is 0.625. The first kappa shape index (κ1) is 14.1. The van der Waals surface area contributed by atoms with Crippen molar-refractivity contribution < 1.29 is 9.47 Å². The van der Waals surface area contributed by atoms with Crippen LogP contribution in [0.25, 0.3) is 0 Å². The molecule has 3 rings (SSSR count). The van der Waals surface area contributed by atoms with E-state index in [1.165, 1.54) is 30.6 Å². The molecule has 4 heteroatoms. The quantitative estimate of drug-likeness (QED) is 0.906. The van der Waals surface area contributed by atoms with Crippen molar-refractivity contribution in [1.82, 2.24) is 0 Å². The van der Waals surface area contributed by atoms with Gasteiger partial charge in [0.1, 0.15) is 6.10 Å².